The van der Waals surface area contributed by atoms with E-state index in [9.17, 15) is 19.7 Å². The van der Waals surface area contributed by atoms with E-state index in [2.05, 4.69) is 21.2 Å². The largest absolute Gasteiger partial charge is 0.465 e. The molecule has 7 nitrogen and oxygen atoms in total. The number of benzene rings is 2. The molecule has 1 heterocycles. The second-order valence-electron chi connectivity index (χ2n) is 6.06. The Hall–Kier alpha value is -3.04. The average Bonchev–Trinajstić information content (AvgIpc) is 3.11. The van der Waals surface area contributed by atoms with Crippen LogP contribution in [0.1, 0.15) is 26.3 Å². The van der Waals surface area contributed by atoms with Gasteiger partial charge in [-0.25, -0.2) is 4.79 Å². The molecule has 3 aromatic rings. The van der Waals surface area contributed by atoms with Gasteiger partial charge in [-0.2, -0.15) is 0 Å². The Morgan fingerprint density at radius 1 is 1.17 bits per heavy atom. The molecule has 0 bridgehead atoms. The molecule has 0 fully saturated rings. The summed E-state index contributed by atoms with van der Waals surface area (Å²) in [6.07, 6.45) is 0. The molecule has 1 N–H and O–H groups in total. The van der Waals surface area contributed by atoms with Crippen molar-refractivity contribution >= 4 is 49.8 Å². The maximum absolute atomic E-state index is 12.7. The third kappa shape index (κ3) is 4.36. The molecule has 2 aromatic carbocycles. The van der Waals surface area contributed by atoms with Crippen molar-refractivity contribution in [2.24, 2.45) is 0 Å². The van der Waals surface area contributed by atoms with Gasteiger partial charge in [-0.05, 0) is 30.7 Å². The monoisotopic (exact) mass is 474 g/mol. The summed E-state index contributed by atoms with van der Waals surface area (Å²) in [4.78, 5) is 35.7. The van der Waals surface area contributed by atoms with Crippen molar-refractivity contribution in [3.63, 3.8) is 0 Å². The molecule has 0 aliphatic heterocycles. The predicted molar refractivity (Wildman–Crippen MR) is 115 cm³/mol. The van der Waals surface area contributed by atoms with E-state index in [1.807, 2.05) is 24.3 Å². The molecule has 0 saturated heterocycles. The SMILES string of the molecule is COC(=O)c1c(-c2ccc(Br)cc2)csc1NC(=O)c1ccc(C)c([N+](=O)[O-])c1. The van der Waals surface area contributed by atoms with E-state index in [0.717, 1.165) is 10.0 Å². The number of amides is 1. The lowest BCUT2D eigenvalue weighted by molar-refractivity contribution is -0.385. The third-order valence-electron chi connectivity index (χ3n) is 4.23. The fourth-order valence-electron chi connectivity index (χ4n) is 2.72. The molecular weight excluding hydrogens is 460 g/mol. The van der Waals surface area contributed by atoms with Gasteiger partial charge in [-0.3, -0.25) is 14.9 Å². The second kappa shape index (κ2) is 8.54. The van der Waals surface area contributed by atoms with Crippen molar-refractivity contribution in [2.75, 3.05) is 12.4 Å². The number of aryl methyl sites for hydroxylation is 1. The number of ether oxygens (including phenoxy) is 1. The van der Waals surface area contributed by atoms with Gasteiger partial charge < -0.3 is 10.1 Å². The van der Waals surface area contributed by atoms with E-state index >= 15 is 0 Å². The Bertz CT molecular complexity index is 1110. The highest BCUT2D eigenvalue weighted by molar-refractivity contribution is 9.10. The predicted octanol–water partition coefficient (Wildman–Crippen LogP) is 5.43. The van der Waals surface area contributed by atoms with E-state index in [4.69, 9.17) is 4.74 Å². The molecule has 1 amide bonds. The molecule has 0 unspecified atom stereocenters. The van der Waals surface area contributed by atoms with Crippen molar-refractivity contribution in [1.29, 1.82) is 0 Å². The lowest BCUT2D eigenvalue weighted by Crippen LogP contribution is -2.14. The minimum absolute atomic E-state index is 0.122. The summed E-state index contributed by atoms with van der Waals surface area (Å²) in [7, 11) is 1.26. The molecule has 9 heteroatoms. The normalized spacial score (nSPS) is 10.4. The summed E-state index contributed by atoms with van der Waals surface area (Å²) in [6, 6.07) is 11.6. The van der Waals surface area contributed by atoms with E-state index in [1.54, 1.807) is 12.3 Å². The van der Waals surface area contributed by atoms with Crippen molar-refractivity contribution in [2.45, 2.75) is 6.92 Å². The van der Waals surface area contributed by atoms with Crippen LogP contribution in [0.5, 0.6) is 0 Å². The minimum Gasteiger partial charge on any atom is -0.465 e. The van der Waals surface area contributed by atoms with E-state index in [0.29, 0.717) is 16.1 Å². The number of nitrogens with one attached hydrogen (secondary N) is 1. The van der Waals surface area contributed by atoms with Crippen LogP contribution < -0.4 is 5.32 Å². The number of esters is 1. The zero-order valence-electron chi connectivity index (χ0n) is 15.4. The maximum atomic E-state index is 12.7. The van der Waals surface area contributed by atoms with Gasteiger partial charge in [0.1, 0.15) is 10.6 Å². The van der Waals surface area contributed by atoms with Crippen LogP contribution in [0, 0.1) is 17.0 Å². The number of rotatable bonds is 5. The van der Waals surface area contributed by atoms with Gasteiger partial charge in [0.25, 0.3) is 11.6 Å². The molecular formula is C20H15BrN2O5S. The number of anilines is 1. The molecule has 148 valence electrons. The molecule has 3 rings (SSSR count). The van der Waals surface area contributed by atoms with Gasteiger partial charge in [-0.15, -0.1) is 11.3 Å². The second-order valence-corrected chi connectivity index (χ2v) is 7.86. The third-order valence-corrected chi connectivity index (χ3v) is 5.65. The molecule has 0 aliphatic rings. The topological polar surface area (TPSA) is 98.5 Å². The standard InChI is InChI=1S/C20H15BrN2O5S/c1-11-3-4-13(9-16(11)23(26)27)18(24)22-19-17(20(25)28-2)15(10-29-19)12-5-7-14(21)8-6-12/h3-10H,1-2H3,(H,22,24). The Balaban J connectivity index is 1.98. The number of nitrogens with zero attached hydrogens (tertiary/aromatic N) is 1. The molecule has 0 saturated carbocycles. The number of carbonyl (C=O) groups excluding carboxylic acids is 2. The minimum atomic E-state index is -0.589. The number of methoxy groups -OCH3 is 1. The van der Waals surface area contributed by atoms with Crippen LogP contribution in [0.2, 0.25) is 0 Å². The number of halogens is 1. The first-order valence-electron chi connectivity index (χ1n) is 8.34. The zero-order valence-corrected chi connectivity index (χ0v) is 17.8. The van der Waals surface area contributed by atoms with Gasteiger partial charge in [0, 0.05) is 32.6 Å². The maximum Gasteiger partial charge on any atom is 0.341 e. The van der Waals surface area contributed by atoms with Gasteiger partial charge in [-0.1, -0.05) is 34.1 Å². The number of hydrogen-bond donors (Lipinski definition) is 1. The highest BCUT2D eigenvalue weighted by atomic mass is 79.9. The van der Waals surface area contributed by atoms with Gasteiger partial charge in [0.2, 0.25) is 0 Å². The Morgan fingerprint density at radius 3 is 2.48 bits per heavy atom. The zero-order chi connectivity index (χ0) is 21.1. The fourth-order valence-corrected chi connectivity index (χ4v) is 3.94. The lowest BCUT2D eigenvalue weighted by Gasteiger charge is -2.08. The number of nitro benzene ring substituents is 1. The molecule has 0 radical (unpaired) electrons. The van der Waals surface area contributed by atoms with Crippen molar-refractivity contribution in [1.82, 2.24) is 0 Å². The summed E-state index contributed by atoms with van der Waals surface area (Å²) >= 11 is 4.55. The van der Waals surface area contributed by atoms with Crippen molar-refractivity contribution < 1.29 is 19.2 Å². The van der Waals surface area contributed by atoms with Crippen LogP contribution in [0.25, 0.3) is 11.1 Å². The lowest BCUT2D eigenvalue weighted by atomic mass is 10.0. The Labute approximate surface area is 178 Å². The van der Waals surface area contributed by atoms with Crippen molar-refractivity contribution in [3.8, 4) is 11.1 Å². The molecule has 29 heavy (non-hydrogen) atoms. The first kappa shape index (κ1) is 20.7. The highest BCUT2D eigenvalue weighted by Crippen LogP contribution is 2.37. The summed E-state index contributed by atoms with van der Waals surface area (Å²) < 4.78 is 5.79. The average molecular weight is 475 g/mol. The molecule has 0 atom stereocenters. The smallest absolute Gasteiger partial charge is 0.341 e. The van der Waals surface area contributed by atoms with Gasteiger partial charge in [0.05, 0.1) is 12.0 Å². The van der Waals surface area contributed by atoms with Crippen LogP contribution in [-0.4, -0.2) is 23.9 Å². The van der Waals surface area contributed by atoms with E-state index < -0.39 is 16.8 Å². The number of hydrogen-bond acceptors (Lipinski definition) is 6. The summed E-state index contributed by atoms with van der Waals surface area (Å²) in [5.74, 6) is -1.14. The van der Waals surface area contributed by atoms with Crippen LogP contribution in [-0.2, 0) is 4.74 Å². The summed E-state index contributed by atoms with van der Waals surface area (Å²) in [5, 5.41) is 15.9. The number of thiophene rings is 1. The Kier molecular flexibility index (Phi) is 6.09. The van der Waals surface area contributed by atoms with E-state index in [1.165, 1.54) is 36.6 Å². The number of nitro groups is 1. The van der Waals surface area contributed by atoms with Gasteiger partial charge in [0.15, 0.2) is 0 Å². The Morgan fingerprint density at radius 2 is 1.86 bits per heavy atom. The quantitative estimate of drug-likeness (QED) is 0.301. The molecule has 0 aliphatic carbocycles. The first-order chi connectivity index (χ1) is 13.8. The molecule has 1 aromatic heterocycles. The summed E-state index contributed by atoms with van der Waals surface area (Å²) in [5.41, 5.74) is 2.07. The summed E-state index contributed by atoms with van der Waals surface area (Å²) in [6.45, 7) is 1.60. The van der Waals surface area contributed by atoms with Crippen LogP contribution >= 0.6 is 27.3 Å². The fraction of sp³-hybridized carbons (Fsp3) is 0.100. The number of carbonyl (C=O) groups is 2. The van der Waals surface area contributed by atoms with Crippen LogP contribution in [0.15, 0.2) is 52.3 Å². The van der Waals surface area contributed by atoms with Crippen molar-refractivity contribution in [3.05, 3.63) is 79.1 Å². The van der Waals surface area contributed by atoms with Crippen LogP contribution in [0.3, 0.4) is 0 Å². The highest BCUT2D eigenvalue weighted by Gasteiger charge is 2.23. The first-order valence-corrected chi connectivity index (χ1v) is 10.0. The molecule has 0 spiro atoms. The van der Waals surface area contributed by atoms with Crippen LogP contribution in [0.4, 0.5) is 10.7 Å². The van der Waals surface area contributed by atoms with Gasteiger partial charge >= 0.3 is 5.97 Å². The van der Waals surface area contributed by atoms with E-state index in [-0.39, 0.29) is 16.8 Å².